The minimum Gasteiger partial charge on any atom is -0.756 e. The molecule has 0 saturated carbocycles. The first-order chi connectivity index (χ1) is 4.00. The van der Waals surface area contributed by atoms with E-state index in [1.165, 1.54) is 0 Å². The van der Waals surface area contributed by atoms with Crippen LogP contribution in [-0.4, -0.2) is 84.7 Å². The number of hydrogen-bond donors (Lipinski definition) is 4. The van der Waals surface area contributed by atoms with Crippen molar-refractivity contribution in [3.8, 4) is 0 Å². The van der Waals surface area contributed by atoms with Crippen LogP contribution in [0, 0.1) is 0 Å². The molecule has 16 heteroatoms. The summed E-state index contributed by atoms with van der Waals surface area (Å²) in [5.41, 5.74) is 0. The average molecular weight is 324 g/mol. The van der Waals surface area contributed by atoms with E-state index in [1.54, 1.807) is 0 Å². The summed E-state index contributed by atoms with van der Waals surface area (Å²) in [5.74, 6) is 0. The van der Waals surface area contributed by atoms with Crippen molar-refractivity contribution in [1.29, 1.82) is 0 Å². The van der Waals surface area contributed by atoms with Crippen molar-refractivity contribution in [3.63, 3.8) is 0 Å². The van der Waals surface area contributed by atoms with Crippen LogP contribution in [-0.2, 0) is 9.13 Å². The van der Waals surface area contributed by atoms with Gasteiger partial charge in [0.25, 0.3) is 15.6 Å². The van der Waals surface area contributed by atoms with E-state index in [4.69, 9.17) is 38.5 Å². The van der Waals surface area contributed by atoms with Crippen molar-refractivity contribution < 1.29 is 65.9 Å². The van der Waals surface area contributed by atoms with Gasteiger partial charge in [-0.1, -0.05) is 0 Å². The van der Waals surface area contributed by atoms with E-state index in [1.807, 2.05) is 0 Å². The molecule has 0 aromatic heterocycles. The van der Waals surface area contributed by atoms with Gasteiger partial charge in [0.2, 0.25) is 0 Å². The Labute approximate surface area is 119 Å². The summed E-state index contributed by atoms with van der Waals surface area (Å²) >= 11 is 0. The van der Waals surface area contributed by atoms with Crippen molar-refractivity contribution in [3.05, 3.63) is 0 Å². The van der Waals surface area contributed by atoms with Crippen molar-refractivity contribution in [1.82, 2.24) is 0 Å². The molecule has 0 aliphatic carbocycles. The molecule has 0 fully saturated rings. The molecule has 0 radical (unpaired) electrons. The first-order valence-corrected chi connectivity index (χ1v) is 4.59. The van der Waals surface area contributed by atoms with Gasteiger partial charge in [0.15, 0.2) is 0 Å². The first-order valence-electron chi connectivity index (χ1n) is 1.53. The maximum atomic E-state index is 8.77. The Morgan fingerprint density at radius 2 is 0.625 bits per heavy atom. The van der Waals surface area contributed by atoms with Gasteiger partial charge in [0.1, 0.15) is 0 Å². The van der Waals surface area contributed by atoms with Crippen LogP contribution in [0.3, 0.4) is 0 Å². The van der Waals surface area contributed by atoms with Crippen LogP contribution in [0.25, 0.3) is 0 Å². The van der Waals surface area contributed by atoms with E-state index >= 15 is 0 Å². The molecule has 0 unspecified atom stereocenters. The molecule has 0 atom stereocenters. The van der Waals surface area contributed by atoms with Crippen molar-refractivity contribution in [2.45, 2.75) is 0 Å². The van der Waals surface area contributed by atoms with Gasteiger partial charge in [-0.3, -0.25) is 9.13 Å². The molecule has 16 heavy (non-hydrogen) atoms. The predicted molar refractivity (Wildman–Crippen MR) is 47.9 cm³/mol. The van der Waals surface area contributed by atoms with Crippen LogP contribution in [0.2, 0.25) is 0 Å². The Kier molecular flexibility index (Phi) is 71.6. The van der Waals surface area contributed by atoms with Crippen LogP contribution in [0.5, 0.6) is 0 Å². The minimum atomic E-state index is -4.89. The molecule has 0 aliphatic rings. The standard InChI is InChI=1S/Ca.2H3O4P.5H2O/c;2*1-5(2,3)4;;;;;/h;2*(H3,1,2,3,4);5*1H2/q+2;;;;;;;/p-2. The number of hydrogen-bond acceptors (Lipinski definition) is 4. The zero-order valence-corrected chi connectivity index (χ0v) is 11.5. The molecule has 0 aliphatic heterocycles. The molecule has 0 aromatic rings. The molecule has 0 saturated heterocycles. The summed E-state index contributed by atoms with van der Waals surface area (Å²) in [5, 5.41) is 0. The third-order valence-corrected chi connectivity index (χ3v) is 0. The van der Waals surface area contributed by atoms with Gasteiger partial charge in [-0.2, -0.15) is 0 Å². The van der Waals surface area contributed by atoms with E-state index < -0.39 is 15.6 Å². The zero-order valence-electron chi connectivity index (χ0n) is 7.52. The Balaban J connectivity index is -0.00000000970. The van der Waals surface area contributed by atoms with Gasteiger partial charge in [-0.25, -0.2) is 0 Å². The first kappa shape index (κ1) is 53.2. The van der Waals surface area contributed by atoms with Gasteiger partial charge >= 0.3 is 37.7 Å². The fourth-order valence-corrected chi connectivity index (χ4v) is 0. The topological polar surface area (TPSA) is 319 Å². The average Bonchev–Trinajstić information content (AvgIpc) is 1.12. The van der Waals surface area contributed by atoms with E-state index in [9.17, 15) is 0 Å². The fraction of sp³-hybridized carbons (Fsp3) is 0. The Morgan fingerprint density at radius 3 is 0.625 bits per heavy atom. The molecule has 0 rings (SSSR count). The van der Waals surface area contributed by atoms with Crippen molar-refractivity contribution >= 4 is 53.4 Å². The predicted octanol–water partition coefficient (Wildman–Crippen LogP) is -7.63. The molecular weight excluding hydrogens is 310 g/mol. The molecular formula is H14CaO13P2. The molecule has 13 nitrogen and oxygen atoms in total. The summed E-state index contributed by atoms with van der Waals surface area (Å²) < 4.78 is 17.5. The maximum Gasteiger partial charge on any atom is 2.00 e. The summed E-state index contributed by atoms with van der Waals surface area (Å²) in [6, 6.07) is 0. The van der Waals surface area contributed by atoms with Crippen molar-refractivity contribution in [2.24, 2.45) is 0 Å². The van der Waals surface area contributed by atoms with E-state index in [0.29, 0.717) is 0 Å². The van der Waals surface area contributed by atoms with E-state index in [2.05, 4.69) is 0 Å². The molecule has 14 N–H and O–H groups in total. The smallest absolute Gasteiger partial charge is 0.756 e. The van der Waals surface area contributed by atoms with Crippen LogP contribution in [0.4, 0.5) is 0 Å². The molecule has 0 aromatic carbocycles. The largest absolute Gasteiger partial charge is 2.00 e. The number of phosphoric acid groups is 2. The normalized spacial score (nSPS) is 7.38. The summed E-state index contributed by atoms with van der Waals surface area (Å²) in [4.78, 5) is 45.8. The Bertz CT molecular complexity index is 126. The molecule has 0 amide bonds. The Morgan fingerprint density at radius 1 is 0.625 bits per heavy atom. The SMILES string of the molecule is O.O.O.O.O.O=P([O-])(O)O.O=P([O-])(O)O.[Ca+2]. The van der Waals surface area contributed by atoms with Crippen LogP contribution < -0.4 is 9.79 Å². The maximum absolute atomic E-state index is 8.77. The van der Waals surface area contributed by atoms with Crippen LogP contribution >= 0.6 is 15.6 Å². The quantitative estimate of drug-likeness (QED) is 0.244. The van der Waals surface area contributed by atoms with Gasteiger partial charge in [-0.15, -0.1) is 0 Å². The zero-order chi connectivity index (χ0) is 9.00. The molecule has 0 bridgehead atoms. The third kappa shape index (κ3) is 1900. The summed E-state index contributed by atoms with van der Waals surface area (Å²) in [6.45, 7) is 0. The summed E-state index contributed by atoms with van der Waals surface area (Å²) in [7, 11) is -9.78. The van der Waals surface area contributed by atoms with Gasteiger partial charge in [0, 0.05) is 0 Å². The van der Waals surface area contributed by atoms with E-state index in [-0.39, 0.29) is 65.1 Å². The van der Waals surface area contributed by atoms with Gasteiger partial charge < -0.3 is 56.7 Å². The van der Waals surface area contributed by atoms with Gasteiger partial charge in [0.05, 0.1) is 0 Å². The van der Waals surface area contributed by atoms with Gasteiger partial charge in [-0.05, 0) is 0 Å². The molecule has 0 heterocycles. The second-order valence-corrected chi connectivity index (χ2v) is 2.94. The Hall–Kier alpha value is 1.28. The van der Waals surface area contributed by atoms with Crippen LogP contribution in [0.1, 0.15) is 0 Å². The minimum absolute atomic E-state index is 0. The van der Waals surface area contributed by atoms with E-state index in [0.717, 1.165) is 0 Å². The molecule has 0 spiro atoms. The monoisotopic (exact) mass is 324 g/mol. The van der Waals surface area contributed by atoms with Crippen LogP contribution in [0.15, 0.2) is 0 Å². The summed E-state index contributed by atoms with van der Waals surface area (Å²) in [6.07, 6.45) is 0. The van der Waals surface area contributed by atoms with Crippen molar-refractivity contribution in [2.75, 3.05) is 0 Å². The molecule has 104 valence electrons. The third-order valence-electron chi connectivity index (χ3n) is 0. The number of rotatable bonds is 0. The second kappa shape index (κ2) is 21.6. The fourth-order valence-electron chi connectivity index (χ4n) is 0. The second-order valence-electron chi connectivity index (χ2n) is 0.981.